The van der Waals surface area contributed by atoms with Gasteiger partial charge in [0.25, 0.3) is 12.2 Å². The highest BCUT2D eigenvalue weighted by Gasteiger charge is 2.32. The molecule has 0 bridgehead atoms. The van der Waals surface area contributed by atoms with Gasteiger partial charge < -0.3 is 9.16 Å². The Morgan fingerprint density at radius 3 is 2.25 bits per heavy atom. The largest absolute Gasteiger partial charge is 0.482 e. The summed E-state index contributed by atoms with van der Waals surface area (Å²) in [6.45, 7) is 5.84. The quantitative estimate of drug-likeness (QED) is 0.339. The summed E-state index contributed by atoms with van der Waals surface area (Å²) in [7, 11) is 0. The topological polar surface area (TPSA) is 20.5 Å². The van der Waals surface area contributed by atoms with E-state index in [0.717, 1.165) is 0 Å². The van der Waals surface area contributed by atoms with Crippen molar-refractivity contribution in [3.05, 3.63) is 0 Å². The summed E-state index contributed by atoms with van der Waals surface area (Å²) < 4.78 is 10.3. The maximum Gasteiger partial charge on any atom is 0.482 e. The molecule has 0 radical (unpaired) electrons. The summed E-state index contributed by atoms with van der Waals surface area (Å²) in [5, 5.41) is 0. The molecule has 1 aliphatic heterocycles. The number of hydrogen-bond acceptors (Lipinski definition) is 1. The minimum Gasteiger partial charge on any atom is -0.312 e. The Kier molecular flexibility index (Phi) is 1.24. The first-order valence-electron chi connectivity index (χ1n) is 2.87. The number of carbonyl (C=O) groups excluding carboxylic acids is 1. The molecule has 0 saturated carbocycles. The lowest BCUT2D eigenvalue weighted by Crippen LogP contribution is -2.15. The van der Waals surface area contributed by atoms with Crippen molar-refractivity contribution in [2.75, 3.05) is 0 Å². The first-order valence-corrected chi connectivity index (χ1v) is 2.87. The van der Waals surface area contributed by atoms with Gasteiger partial charge in [-0.25, -0.2) is 0 Å². The Morgan fingerprint density at radius 1 is 1.50 bits per heavy atom. The number of cyclic esters (lactones) is 1. The Bertz CT molecular complexity index is 118. The number of ether oxygens (including phenoxy) is 1. The molecule has 2 atom stereocenters. The van der Waals surface area contributed by atoms with Crippen LogP contribution in [-0.4, -0.2) is 18.2 Å². The summed E-state index contributed by atoms with van der Waals surface area (Å²) in [5.74, 6) is 0.699. The van der Waals surface area contributed by atoms with E-state index in [9.17, 15) is 0 Å². The molecule has 0 aromatic rings. The molecule has 1 aliphatic rings. The van der Waals surface area contributed by atoms with Crippen LogP contribution >= 0.6 is 0 Å². The molecule has 0 N–H and O–H groups in total. The van der Waals surface area contributed by atoms with Gasteiger partial charge in [0.2, 0.25) is 0 Å². The van der Waals surface area contributed by atoms with Crippen molar-refractivity contribution in [1.29, 1.82) is 0 Å². The first kappa shape index (κ1) is 5.60. The van der Waals surface area contributed by atoms with Crippen molar-refractivity contribution in [2.45, 2.75) is 33.0 Å². The van der Waals surface area contributed by atoms with E-state index in [4.69, 9.17) is 9.16 Å². The van der Waals surface area contributed by atoms with E-state index in [1.165, 1.54) is 0 Å². The van der Waals surface area contributed by atoms with Crippen molar-refractivity contribution in [2.24, 2.45) is 0 Å². The van der Waals surface area contributed by atoms with Crippen LogP contribution in [0.4, 0.5) is 0 Å². The Morgan fingerprint density at radius 2 is 2.12 bits per heavy atom. The molecule has 0 fully saturated rings. The average molecular weight is 115 g/mol. The second kappa shape index (κ2) is 1.77. The van der Waals surface area contributed by atoms with E-state index >= 15 is 0 Å². The minimum atomic E-state index is 0.231. The molecule has 8 heavy (non-hydrogen) atoms. The van der Waals surface area contributed by atoms with Gasteiger partial charge in [-0.05, 0) is 0 Å². The standard InChI is InChI=1S/C6H11O2/c1-4-5(2)8-6(3)7-4/h4-5H,1-3H3/q+1. The van der Waals surface area contributed by atoms with Crippen molar-refractivity contribution < 1.29 is 9.16 Å². The van der Waals surface area contributed by atoms with E-state index in [0.29, 0.717) is 5.97 Å². The van der Waals surface area contributed by atoms with E-state index in [2.05, 4.69) is 0 Å². The molecule has 2 heteroatoms. The molecule has 46 valence electrons. The van der Waals surface area contributed by atoms with E-state index in [-0.39, 0.29) is 12.2 Å². The number of hydrogen-bond donors (Lipinski definition) is 0. The zero-order valence-corrected chi connectivity index (χ0v) is 5.47. The molecule has 0 amide bonds. The maximum atomic E-state index is 5.17. The van der Waals surface area contributed by atoms with Crippen LogP contribution in [0.1, 0.15) is 20.8 Å². The molecule has 0 spiro atoms. The summed E-state index contributed by atoms with van der Waals surface area (Å²) >= 11 is 0. The Balaban J connectivity index is 2.56. The van der Waals surface area contributed by atoms with Crippen molar-refractivity contribution in [1.82, 2.24) is 0 Å². The lowest BCUT2D eigenvalue weighted by molar-refractivity contribution is -0.490. The number of rotatable bonds is 0. The van der Waals surface area contributed by atoms with Crippen LogP contribution in [0.25, 0.3) is 0 Å². The Hall–Kier alpha value is -0.530. The van der Waals surface area contributed by atoms with Gasteiger partial charge in [0, 0.05) is 13.8 Å². The third-order valence-electron chi connectivity index (χ3n) is 1.36. The molecule has 0 saturated heterocycles. The fourth-order valence-electron chi connectivity index (χ4n) is 0.743. The predicted molar refractivity (Wildman–Crippen MR) is 30.7 cm³/mol. The van der Waals surface area contributed by atoms with Gasteiger partial charge in [-0.3, -0.25) is 0 Å². The predicted octanol–water partition coefficient (Wildman–Crippen LogP) is 0.876. The van der Waals surface area contributed by atoms with Crippen LogP contribution in [0.3, 0.4) is 0 Å². The van der Waals surface area contributed by atoms with Gasteiger partial charge in [-0.2, -0.15) is 0 Å². The summed E-state index contributed by atoms with van der Waals surface area (Å²) in [6.07, 6.45) is 0.463. The minimum absolute atomic E-state index is 0.231. The molecule has 2 unspecified atom stereocenters. The van der Waals surface area contributed by atoms with Crippen LogP contribution in [0.15, 0.2) is 0 Å². The van der Waals surface area contributed by atoms with Crippen LogP contribution in [0, 0.1) is 0 Å². The summed E-state index contributed by atoms with van der Waals surface area (Å²) in [4.78, 5) is 0. The SMILES string of the molecule is CC1=[O+]C(C)C(C)O1. The molecular formula is C6H11O2+. The normalized spacial score (nSPS) is 36.6. The Labute approximate surface area is 49.2 Å². The van der Waals surface area contributed by atoms with Crippen LogP contribution in [0.5, 0.6) is 0 Å². The molecular weight excluding hydrogens is 104 g/mol. The van der Waals surface area contributed by atoms with E-state index < -0.39 is 0 Å². The second-order valence-electron chi connectivity index (χ2n) is 2.14. The average Bonchev–Trinajstić information content (AvgIpc) is 1.85. The van der Waals surface area contributed by atoms with Gasteiger partial charge in [0.15, 0.2) is 0 Å². The molecule has 0 aromatic carbocycles. The second-order valence-corrected chi connectivity index (χ2v) is 2.14. The fourth-order valence-corrected chi connectivity index (χ4v) is 0.743. The zero-order chi connectivity index (χ0) is 6.15. The van der Waals surface area contributed by atoms with E-state index in [1.54, 1.807) is 0 Å². The highest BCUT2D eigenvalue weighted by Crippen LogP contribution is 2.06. The molecule has 2 nitrogen and oxygen atoms in total. The smallest absolute Gasteiger partial charge is 0.312 e. The van der Waals surface area contributed by atoms with Crippen LogP contribution in [-0.2, 0) is 9.16 Å². The van der Waals surface area contributed by atoms with Crippen LogP contribution in [0.2, 0.25) is 0 Å². The third kappa shape index (κ3) is 0.831. The van der Waals surface area contributed by atoms with E-state index in [1.807, 2.05) is 20.8 Å². The monoisotopic (exact) mass is 115 g/mol. The lowest BCUT2D eigenvalue weighted by atomic mass is 10.3. The molecule has 1 heterocycles. The van der Waals surface area contributed by atoms with Crippen molar-refractivity contribution >= 4 is 5.97 Å². The van der Waals surface area contributed by atoms with Gasteiger partial charge in [0.05, 0.1) is 6.92 Å². The zero-order valence-electron chi connectivity index (χ0n) is 5.47. The first-order chi connectivity index (χ1) is 3.70. The van der Waals surface area contributed by atoms with Crippen LogP contribution < -0.4 is 0 Å². The maximum absolute atomic E-state index is 5.17. The molecule has 0 aliphatic carbocycles. The highest BCUT2D eigenvalue weighted by atomic mass is 16.6. The third-order valence-corrected chi connectivity index (χ3v) is 1.36. The molecule has 1 rings (SSSR count). The van der Waals surface area contributed by atoms with Gasteiger partial charge in [-0.15, -0.1) is 0 Å². The van der Waals surface area contributed by atoms with Crippen molar-refractivity contribution in [3.63, 3.8) is 0 Å². The lowest BCUT2D eigenvalue weighted by Gasteiger charge is -1.91. The molecule has 0 aromatic heterocycles. The van der Waals surface area contributed by atoms with Crippen molar-refractivity contribution in [3.8, 4) is 0 Å². The fraction of sp³-hybridized carbons (Fsp3) is 0.833. The summed E-state index contributed by atoms with van der Waals surface area (Å²) in [5.41, 5.74) is 0. The van der Waals surface area contributed by atoms with Gasteiger partial charge in [-0.1, -0.05) is 0 Å². The highest BCUT2D eigenvalue weighted by molar-refractivity contribution is 5.67. The van der Waals surface area contributed by atoms with Gasteiger partial charge in [0.1, 0.15) is 0 Å². The van der Waals surface area contributed by atoms with Gasteiger partial charge >= 0.3 is 5.97 Å². The number of esters is 1. The summed E-state index contributed by atoms with van der Waals surface area (Å²) in [6, 6.07) is 0.